The van der Waals surface area contributed by atoms with Crippen LogP contribution in [0.5, 0.6) is 5.75 Å². The van der Waals surface area contributed by atoms with Gasteiger partial charge in [0.2, 0.25) is 5.91 Å². The quantitative estimate of drug-likeness (QED) is 0.741. The van der Waals surface area contributed by atoms with Gasteiger partial charge in [-0.25, -0.2) is 9.69 Å². The standard InChI is InChI=1S/C17H19BrN2O5/c1-24-14-4-3-12(18)8-11(14)2-5-15(21)19-7-6-13(9-19)20-16(22)10-25-17(20)23/h3-4,8,13H,2,5-7,9-10H2,1H3. The van der Waals surface area contributed by atoms with Gasteiger partial charge in [-0.3, -0.25) is 9.59 Å². The van der Waals surface area contributed by atoms with E-state index < -0.39 is 6.09 Å². The molecule has 3 amide bonds. The van der Waals surface area contributed by atoms with Crippen LogP contribution in [0, 0.1) is 0 Å². The summed E-state index contributed by atoms with van der Waals surface area (Å²) in [5.74, 6) is 0.424. The molecule has 0 spiro atoms. The molecular weight excluding hydrogens is 392 g/mol. The van der Waals surface area contributed by atoms with E-state index in [9.17, 15) is 14.4 Å². The largest absolute Gasteiger partial charge is 0.496 e. The molecule has 2 fully saturated rings. The van der Waals surface area contributed by atoms with E-state index >= 15 is 0 Å². The number of halogens is 1. The minimum Gasteiger partial charge on any atom is -0.496 e. The lowest BCUT2D eigenvalue weighted by molar-refractivity contribution is -0.131. The number of hydrogen-bond acceptors (Lipinski definition) is 5. The summed E-state index contributed by atoms with van der Waals surface area (Å²) in [5.41, 5.74) is 0.958. The third-order valence-corrected chi connectivity index (χ3v) is 5.01. The molecule has 1 aromatic carbocycles. The molecule has 2 saturated heterocycles. The van der Waals surface area contributed by atoms with Gasteiger partial charge < -0.3 is 14.4 Å². The molecule has 0 saturated carbocycles. The Labute approximate surface area is 154 Å². The smallest absolute Gasteiger partial charge is 0.417 e. The van der Waals surface area contributed by atoms with E-state index in [1.54, 1.807) is 12.0 Å². The Balaban J connectivity index is 1.57. The number of carbonyl (C=O) groups is 3. The van der Waals surface area contributed by atoms with Crippen LogP contribution in [0.3, 0.4) is 0 Å². The summed E-state index contributed by atoms with van der Waals surface area (Å²) in [6.45, 7) is 0.706. The van der Waals surface area contributed by atoms with Crippen molar-refractivity contribution < 1.29 is 23.9 Å². The second-order valence-electron chi connectivity index (χ2n) is 6.06. The minimum atomic E-state index is -0.608. The van der Waals surface area contributed by atoms with E-state index in [2.05, 4.69) is 15.9 Å². The third-order valence-electron chi connectivity index (χ3n) is 4.52. The molecule has 2 aliphatic heterocycles. The molecule has 2 heterocycles. The first-order valence-corrected chi connectivity index (χ1v) is 8.88. The molecule has 3 rings (SSSR count). The lowest BCUT2D eigenvalue weighted by atomic mass is 10.1. The van der Waals surface area contributed by atoms with E-state index in [1.165, 1.54) is 0 Å². The Morgan fingerprint density at radius 2 is 2.20 bits per heavy atom. The molecule has 134 valence electrons. The highest BCUT2D eigenvalue weighted by atomic mass is 79.9. The zero-order valence-electron chi connectivity index (χ0n) is 13.9. The van der Waals surface area contributed by atoms with Crippen LogP contribution in [0.25, 0.3) is 0 Å². The number of cyclic esters (lactones) is 1. The first-order valence-electron chi connectivity index (χ1n) is 8.08. The van der Waals surface area contributed by atoms with Crippen molar-refractivity contribution in [3.8, 4) is 5.75 Å². The van der Waals surface area contributed by atoms with Crippen molar-refractivity contribution in [1.82, 2.24) is 9.80 Å². The summed E-state index contributed by atoms with van der Waals surface area (Å²) < 4.78 is 11.0. The number of rotatable bonds is 5. The van der Waals surface area contributed by atoms with Crippen molar-refractivity contribution in [2.45, 2.75) is 25.3 Å². The first-order chi connectivity index (χ1) is 12.0. The molecule has 25 heavy (non-hydrogen) atoms. The van der Waals surface area contributed by atoms with Crippen molar-refractivity contribution >= 4 is 33.8 Å². The number of hydrogen-bond donors (Lipinski definition) is 0. The monoisotopic (exact) mass is 410 g/mol. The van der Waals surface area contributed by atoms with Crippen LogP contribution in [0.1, 0.15) is 18.4 Å². The van der Waals surface area contributed by atoms with Gasteiger partial charge in [0.1, 0.15) is 5.75 Å². The molecule has 7 nitrogen and oxygen atoms in total. The number of imide groups is 1. The van der Waals surface area contributed by atoms with Crippen LogP contribution in [-0.4, -0.2) is 60.6 Å². The first kappa shape index (κ1) is 17.7. The van der Waals surface area contributed by atoms with Crippen LogP contribution in [0.4, 0.5) is 4.79 Å². The van der Waals surface area contributed by atoms with Gasteiger partial charge >= 0.3 is 6.09 Å². The zero-order chi connectivity index (χ0) is 18.0. The summed E-state index contributed by atoms with van der Waals surface area (Å²) in [7, 11) is 1.60. The van der Waals surface area contributed by atoms with Gasteiger partial charge in [-0.1, -0.05) is 15.9 Å². The predicted octanol–water partition coefficient (Wildman–Crippen LogP) is 1.97. The topological polar surface area (TPSA) is 76.2 Å². The Hall–Kier alpha value is -2.09. The van der Waals surface area contributed by atoms with Gasteiger partial charge in [-0.15, -0.1) is 0 Å². The highest BCUT2D eigenvalue weighted by Crippen LogP contribution is 2.25. The van der Waals surface area contributed by atoms with Crippen molar-refractivity contribution in [1.29, 1.82) is 0 Å². The summed E-state index contributed by atoms with van der Waals surface area (Å²) in [6, 6.07) is 5.41. The Kier molecular flexibility index (Phi) is 5.27. The number of nitrogens with zero attached hydrogens (tertiary/aromatic N) is 2. The predicted molar refractivity (Wildman–Crippen MR) is 92.2 cm³/mol. The fourth-order valence-electron chi connectivity index (χ4n) is 3.24. The molecule has 8 heteroatoms. The average molecular weight is 411 g/mol. The SMILES string of the molecule is COc1ccc(Br)cc1CCC(=O)N1CCC(N2C(=O)COC2=O)C1. The third kappa shape index (κ3) is 3.78. The number of benzene rings is 1. The fraction of sp³-hybridized carbons (Fsp3) is 0.471. The Morgan fingerprint density at radius 3 is 2.88 bits per heavy atom. The van der Waals surface area contributed by atoms with E-state index in [-0.39, 0.29) is 24.5 Å². The van der Waals surface area contributed by atoms with Gasteiger partial charge in [0.15, 0.2) is 6.61 Å². The van der Waals surface area contributed by atoms with Crippen molar-refractivity contribution in [3.05, 3.63) is 28.2 Å². The molecule has 2 aliphatic rings. The van der Waals surface area contributed by atoms with Crippen LogP contribution in [0.2, 0.25) is 0 Å². The molecule has 0 radical (unpaired) electrons. The molecule has 0 aliphatic carbocycles. The van der Waals surface area contributed by atoms with Crippen molar-refractivity contribution in [3.63, 3.8) is 0 Å². The number of methoxy groups -OCH3 is 1. The number of aryl methyl sites for hydroxylation is 1. The second kappa shape index (κ2) is 7.43. The number of amides is 3. The number of carbonyl (C=O) groups excluding carboxylic acids is 3. The van der Waals surface area contributed by atoms with E-state index in [1.807, 2.05) is 18.2 Å². The van der Waals surface area contributed by atoms with E-state index in [4.69, 9.17) is 9.47 Å². The highest BCUT2D eigenvalue weighted by Gasteiger charge is 2.41. The van der Waals surface area contributed by atoms with Gasteiger partial charge in [0.05, 0.1) is 13.2 Å². The van der Waals surface area contributed by atoms with Gasteiger partial charge in [-0.2, -0.15) is 0 Å². The molecule has 1 aromatic rings. The van der Waals surface area contributed by atoms with Crippen LogP contribution >= 0.6 is 15.9 Å². The fourth-order valence-corrected chi connectivity index (χ4v) is 3.65. The Bertz CT molecular complexity index is 692. The number of ether oxygens (including phenoxy) is 2. The molecule has 1 unspecified atom stereocenters. The van der Waals surface area contributed by atoms with Crippen LogP contribution in [-0.2, 0) is 20.7 Å². The van der Waals surface area contributed by atoms with Crippen molar-refractivity contribution in [2.24, 2.45) is 0 Å². The molecule has 0 bridgehead atoms. The summed E-state index contributed by atoms with van der Waals surface area (Å²) in [4.78, 5) is 38.7. The maximum atomic E-state index is 12.5. The summed E-state index contributed by atoms with van der Waals surface area (Å²) >= 11 is 3.42. The molecule has 1 atom stereocenters. The van der Waals surface area contributed by atoms with E-state index in [0.717, 1.165) is 20.7 Å². The Morgan fingerprint density at radius 1 is 1.40 bits per heavy atom. The molecular formula is C17H19BrN2O5. The zero-order valence-corrected chi connectivity index (χ0v) is 15.5. The van der Waals surface area contributed by atoms with Crippen LogP contribution < -0.4 is 4.74 Å². The molecule has 0 N–H and O–H groups in total. The maximum absolute atomic E-state index is 12.5. The minimum absolute atomic E-state index is 0.00421. The second-order valence-corrected chi connectivity index (χ2v) is 6.97. The van der Waals surface area contributed by atoms with Gasteiger partial charge in [0, 0.05) is 24.0 Å². The average Bonchev–Trinajstić information content (AvgIpc) is 3.19. The lowest BCUT2D eigenvalue weighted by Crippen LogP contribution is -2.42. The van der Waals surface area contributed by atoms with Crippen LogP contribution in [0.15, 0.2) is 22.7 Å². The maximum Gasteiger partial charge on any atom is 0.417 e. The number of likely N-dealkylation sites (tertiary alicyclic amines) is 1. The lowest BCUT2D eigenvalue weighted by Gasteiger charge is -2.20. The van der Waals surface area contributed by atoms with Crippen molar-refractivity contribution in [2.75, 3.05) is 26.8 Å². The van der Waals surface area contributed by atoms with Gasteiger partial charge in [0.25, 0.3) is 5.91 Å². The normalized spacial score (nSPS) is 20.2. The summed E-state index contributed by atoms with van der Waals surface area (Å²) in [6.07, 6.45) is 0.890. The summed E-state index contributed by atoms with van der Waals surface area (Å²) in [5, 5.41) is 0. The highest BCUT2D eigenvalue weighted by molar-refractivity contribution is 9.10. The van der Waals surface area contributed by atoms with E-state index in [0.29, 0.717) is 32.4 Å². The van der Waals surface area contributed by atoms with Gasteiger partial charge in [-0.05, 0) is 36.6 Å². The molecule has 0 aromatic heterocycles.